The van der Waals surface area contributed by atoms with Gasteiger partial charge in [0.15, 0.2) is 52.4 Å². The fourth-order valence-corrected chi connectivity index (χ4v) is 22.5. The van der Waals surface area contributed by atoms with Crippen molar-refractivity contribution in [3.8, 4) is 147 Å². The van der Waals surface area contributed by atoms with E-state index in [1.165, 1.54) is 77.5 Å². The summed E-state index contributed by atoms with van der Waals surface area (Å²) in [6.07, 6.45) is 5.55. The summed E-state index contributed by atoms with van der Waals surface area (Å²) in [5.41, 5.74) is 32.5. The fourth-order valence-electron chi connectivity index (χ4n) is 22.5. The Bertz CT molecular complexity index is 9680. The van der Waals surface area contributed by atoms with Crippen LogP contribution in [0.2, 0.25) is 0 Å². The Morgan fingerprint density at radius 2 is 0.535 bits per heavy atom. The first-order chi connectivity index (χ1) is 70.5. The minimum Gasteiger partial charge on any atom is -0.456 e. The van der Waals surface area contributed by atoms with Crippen LogP contribution in [-0.4, -0.2) is 44.9 Å². The predicted molar refractivity (Wildman–Crippen MR) is 589 cm³/mol. The molecule has 0 aliphatic heterocycles. The highest BCUT2D eigenvalue weighted by Crippen LogP contribution is 2.57. The molecule has 0 amide bonds. The highest BCUT2D eigenvalue weighted by Gasteiger charge is 2.42. The normalized spacial score (nSPS) is 13.3. The first kappa shape index (κ1) is 86.0. The van der Waals surface area contributed by atoms with Crippen molar-refractivity contribution in [3.05, 3.63) is 471 Å². The first-order valence-electron chi connectivity index (χ1n) is 48.8. The van der Waals surface area contributed by atoms with E-state index in [1.54, 1.807) is 6.08 Å². The Balaban J connectivity index is 0.000000111. The topological polar surface area (TPSA) is 155 Å². The Morgan fingerprint density at radius 3 is 0.986 bits per heavy atom. The second-order valence-electron chi connectivity index (χ2n) is 39.0. The quantitative estimate of drug-likeness (QED) is 0.0797. The third-order valence-electron chi connectivity index (χ3n) is 29.5. The van der Waals surface area contributed by atoms with Crippen molar-refractivity contribution in [2.75, 3.05) is 0 Å². The number of hydrogen-bond donors (Lipinski definition) is 0. The summed E-state index contributed by atoms with van der Waals surface area (Å²) in [6.45, 7) is 21.6. The SMILES string of the molecule is C=C/C=C(\C=C)c1cccc(-c2nc(-c3cccc(-c4ccccc4)c3)nc(-c3ccc4c(c3)oc3c5c(ccc34)-c3ccccc3C5(C)C)n2)c1.CC1(C)c2ccccc2-c2ccc3c(oc4cc(-c5nc(-c6ccccc6)nc(-c6cc7ccccc7c7ccccc67)n5)ccc43)c21.CC1(C)c2ccccc2-c2ccc3c(oc4cc(-c5nc(-c6ccccc6)nc(-c6cccc7ccccc67)n5)ccc43)c21. The summed E-state index contributed by atoms with van der Waals surface area (Å²) < 4.78 is 20.3. The molecule has 0 atom stereocenters. The molecule has 3 aliphatic carbocycles. The van der Waals surface area contributed by atoms with Gasteiger partial charge in [-0.15, -0.1) is 0 Å². The molecule has 28 rings (SSSR count). The lowest BCUT2D eigenvalue weighted by atomic mass is 9.82. The largest absolute Gasteiger partial charge is 0.456 e. The Kier molecular flexibility index (Phi) is 20.3. The van der Waals surface area contributed by atoms with Gasteiger partial charge in [-0.1, -0.05) is 401 Å². The van der Waals surface area contributed by atoms with Crippen LogP contribution >= 0.6 is 0 Å². The molecule has 0 fully saturated rings. The van der Waals surface area contributed by atoms with Crippen molar-refractivity contribution in [2.45, 2.75) is 57.8 Å². The molecule has 6 aromatic heterocycles. The van der Waals surface area contributed by atoms with Crippen LogP contribution < -0.4 is 0 Å². The van der Waals surface area contributed by atoms with E-state index in [1.807, 2.05) is 91.0 Å². The maximum atomic E-state index is 6.80. The molecule has 0 unspecified atom stereocenters. The van der Waals surface area contributed by atoms with Crippen molar-refractivity contribution < 1.29 is 13.3 Å². The van der Waals surface area contributed by atoms with Crippen molar-refractivity contribution in [2.24, 2.45) is 0 Å². The summed E-state index contributed by atoms with van der Waals surface area (Å²) in [5.74, 6) is 5.53. The van der Waals surface area contributed by atoms with Crippen LogP contribution in [0.5, 0.6) is 0 Å². The zero-order chi connectivity index (χ0) is 96.8. The van der Waals surface area contributed by atoms with Gasteiger partial charge in [-0.3, -0.25) is 0 Å². The summed E-state index contributed by atoms with van der Waals surface area (Å²) in [5, 5.41) is 13.5. The second kappa shape index (κ2) is 34.0. The third-order valence-corrected chi connectivity index (χ3v) is 29.5. The lowest BCUT2D eigenvalue weighted by Gasteiger charge is -2.21. The number of furan rings is 3. The lowest BCUT2D eigenvalue weighted by Crippen LogP contribution is -2.15. The maximum Gasteiger partial charge on any atom is 0.164 e. The monoisotopic (exact) mass is 1850 g/mol. The van der Waals surface area contributed by atoms with Gasteiger partial charge >= 0.3 is 0 Å². The first-order valence-corrected chi connectivity index (χ1v) is 48.8. The zero-order valence-corrected chi connectivity index (χ0v) is 80.0. The lowest BCUT2D eigenvalue weighted by molar-refractivity contribution is 0.619. The van der Waals surface area contributed by atoms with Crippen LogP contribution in [0.25, 0.3) is 251 Å². The molecule has 144 heavy (non-hydrogen) atoms. The molecular formula is C132H91N9O3. The minimum absolute atomic E-state index is 0.158. The van der Waals surface area contributed by atoms with Gasteiger partial charge in [0.25, 0.3) is 0 Å². The van der Waals surface area contributed by atoms with Gasteiger partial charge in [0, 0.05) is 115 Å². The molecular weight excluding hydrogens is 1760 g/mol. The fraction of sp³-hybridized carbons (Fsp3) is 0.0682. The standard InChI is InChI=1S/C48H35N3O.C44H29N3O.C40H27N3O/c1-5-14-30(6-2)32-17-12-19-34(27-32)45-49-46(35-20-13-18-33(28-35)31-15-8-7-9-16-31)51-47(50-45)36-23-24-38-40-26-25-39-37-21-10-11-22-41(37)48(3,4)43(39)44(40)52-42(38)29-36;1-44(2)37-19-11-10-18-32(37)34-22-23-35-33-21-20-28(25-38(33)48-40(35)39(34)44)42-45-41(26-12-4-3-5-13-26)46-43(47-42)36-24-27-14-6-7-15-29(27)30-16-8-9-17-31(30)36;1-40(2)33-18-9-8-16-28(33)30-21-22-31-29-20-19-26(23-34(29)44-36(31)35(30)40)38-41-37(25-12-4-3-5-13-25)42-39(43-38)32-17-10-14-24-11-6-7-15-27(24)32/h5-29H,1-2H2,3-4H3;3-25H,1-2H3;3-23H,1-2H3/b30-14+;;. The number of aromatic nitrogens is 9. The summed E-state index contributed by atoms with van der Waals surface area (Å²) in [7, 11) is 0. The number of benzene rings is 19. The molecule has 0 N–H and O–H groups in total. The molecule has 3 aliphatic rings. The van der Waals surface area contributed by atoms with Crippen LogP contribution in [0.1, 0.15) is 80.5 Å². The van der Waals surface area contributed by atoms with Gasteiger partial charge in [0.1, 0.15) is 33.5 Å². The van der Waals surface area contributed by atoms with Crippen molar-refractivity contribution >= 4 is 104 Å². The van der Waals surface area contributed by atoms with Crippen LogP contribution in [0.15, 0.2) is 445 Å². The minimum atomic E-state index is -0.185. The molecule has 12 heteroatoms. The molecule has 0 saturated carbocycles. The zero-order valence-electron chi connectivity index (χ0n) is 80.0. The van der Waals surface area contributed by atoms with E-state index in [0.717, 1.165) is 160 Å². The van der Waals surface area contributed by atoms with E-state index in [2.05, 4.69) is 376 Å². The Hall–Kier alpha value is -18.4. The molecule has 6 heterocycles. The third kappa shape index (κ3) is 14.3. The molecule has 0 bridgehead atoms. The van der Waals surface area contributed by atoms with Crippen LogP contribution in [0, 0.1) is 0 Å². The van der Waals surface area contributed by atoms with E-state index < -0.39 is 0 Å². The number of hydrogen-bond acceptors (Lipinski definition) is 12. The summed E-state index contributed by atoms with van der Waals surface area (Å²) in [6, 6.07) is 139. The highest BCUT2D eigenvalue weighted by atomic mass is 16.3. The molecule has 682 valence electrons. The van der Waals surface area contributed by atoms with E-state index in [4.69, 9.17) is 58.1 Å². The number of nitrogens with zero attached hydrogens (tertiary/aromatic N) is 9. The summed E-state index contributed by atoms with van der Waals surface area (Å²) >= 11 is 0. The van der Waals surface area contributed by atoms with E-state index >= 15 is 0 Å². The number of rotatable bonds is 13. The van der Waals surface area contributed by atoms with Crippen LogP contribution in [0.4, 0.5) is 0 Å². The predicted octanol–water partition coefficient (Wildman–Crippen LogP) is 34.1. The number of allylic oxidation sites excluding steroid dienone is 4. The Morgan fingerprint density at radius 1 is 0.215 bits per heavy atom. The average molecular weight is 1850 g/mol. The van der Waals surface area contributed by atoms with Crippen LogP contribution in [-0.2, 0) is 16.2 Å². The molecule has 0 saturated heterocycles. The van der Waals surface area contributed by atoms with E-state index in [0.29, 0.717) is 52.4 Å². The smallest absolute Gasteiger partial charge is 0.164 e. The second-order valence-corrected chi connectivity index (χ2v) is 39.0. The average Bonchev–Trinajstić information content (AvgIpc) is 1.58. The maximum absolute atomic E-state index is 6.80. The molecule has 0 radical (unpaired) electrons. The molecule has 0 spiro atoms. The van der Waals surface area contributed by atoms with E-state index in [9.17, 15) is 0 Å². The number of fused-ring (bicyclic) bond motifs is 25. The van der Waals surface area contributed by atoms with Crippen LogP contribution in [0.3, 0.4) is 0 Å². The van der Waals surface area contributed by atoms with Crippen molar-refractivity contribution in [1.82, 2.24) is 44.9 Å². The van der Waals surface area contributed by atoms with Gasteiger partial charge in [-0.25, -0.2) is 44.9 Å². The van der Waals surface area contributed by atoms with Gasteiger partial charge in [0.2, 0.25) is 0 Å². The van der Waals surface area contributed by atoms with E-state index in [-0.39, 0.29) is 16.2 Å². The van der Waals surface area contributed by atoms with Crippen molar-refractivity contribution in [1.29, 1.82) is 0 Å². The molecule has 19 aromatic carbocycles. The molecule has 12 nitrogen and oxygen atoms in total. The van der Waals surface area contributed by atoms with Gasteiger partial charge in [-0.2, -0.15) is 0 Å². The van der Waals surface area contributed by atoms with Crippen molar-refractivity contribution in [3.63, 3.8) is 0 Å². The Labute approximate surface area is 831 Å². The molecule has 25 aromatic rings. The highest BCUT2D eigenvalue weighted by molar-refractivity contribution is 6.16. The van der Waals surface area contributed by atoms with Gasteiger partial charge in [-0.05, 0) is 177 Å². The summed E-state index contributed by atoms with van der Waals surface area (Å²) in [4.78, 5) is 45.6. The van der Waals surface area contributed by atoms with Gasteiger partial charge in [0.05, 0.1) is 0 Å². The van der Waals surface area contributed by atoms with Gasteiger partial charge < -0.3 is 13.3 Å².